The number of likely N-dealkylation sites (tertiary alicyclic amines) is 1. The Morgan fingerprint density at radius 2 is 1.81 bits per heavy atom. The molecule has 0 unspecified atom stereocenters. The first kappa shape index (κ1) is 19.9. The van der Waals surface area contributed by atoms with Gasteiger partial charge in [-0.15, -0.1) is 11.3 Å². The summed E-state index contributed by atoms with van der Waals surface area (Å²) in [6.45, 7) is 4.54. The van der Waals surface area contributed by atoms with Crippen molar-refractivity contribution in [1.82, 2.24) is 4.90 Å². The zero-order valence-electron chi connectivity index (χ0n) is 15.6. The molecular weight excluding hydrogens is 378 g/mol. The predicted molar refractivity (Wildman–Crippen MR) is 114 cm³/mol. The molecule has 0 saturated carbocycles. The van der Waals surface area contributed by atoms with Crippen molar-refractivity contribution in [3.05, 3.63) is 69.6 Å². The van der Waals surface area contributed by atoms with Crippen LogP contribution in [0.4, 0.5) is 0 Å². The fourth-order valence-corrected chi connectivity index (χ4v) is 4.96. The van der Waals surface area contributed by atoms with Gasteiger partial charge < -0.3 is 10.0 Å². The number of hydrogen-bond donors (Lipinski definition) is 1. The van der Waals surface area contributed by atoms with E-state index < -0.39 is 5.97 Å². The molecule has 1 aliphatic heterocycles. The third kappa shape index (κ3) is 5.10. The first-order chi connectivity index (χ1) is 12.9. The molecule has 4 rings (SSSR count). The molecule has 27 heavy (non-hydrogen) atoms. The van der Waals surface area contributed by atoms with Crippen LogP contribution < -0.4 is 0 Å². The van der Waals surface area contributed by atoms with Gasteiger partial charge in [0.1, 0.15) is 0 Å². The SMILES string of the molecule is Cc1cc(Cl)c2sc(C3CCN(C)CC3)cc2c1.O=C(O)c1ccccc1. The summed E-state index contributed by atoms with van der Waals surface area (Å²) in [5.74, 6) is -0.148. The Kier molecular flexibility index (Phi) is 6.53. The molecule has 2 heterocycles. The van der Waals surface area contributed by atoms with Gasteiger partial charge in [0.2, 0.25) is 0 Å². The van der Waals surface area contributed by atoms with E-state index in [1.807, 2.05) is 11.3 Å². The first-order valence-corrected chi connectivity index (χ1v) is 10.3. The second-order valence-electron chi connectivity index (χ2n) is 7.06. The lowest BCUT2D eigenvalue weighted by molar-refractivity contribution is 0.0697. The number of aryl methyl sites for hydroxylation is 1. The van der Waals surface area contributed by atoms with Crippen LogP contribution in [0.1, 0.15) is 39.6 Å². The number of nitrogens with zero attached hydrogens (tertiary/aromatic N) is 1. The van der Waals surface area contributed by atoms with Crippen molar-refractivity contribution in [3.8, 4) is 0 Å². The largest absolute Gasteiger partial charge is 0.478 e. The van der Waals surface area contributed by atoms with Gasteiger partial charge in [-0.05, 0) is 81.0 Å². The van der Waals surface area contributed by atoms with Gasteiger partial charge in [0.05, 0.1) is 15.3 Å². The molecule has 0 radical (unpaired) electrons. The zero-order valence-corrected chi connectivity index (χ0v) is 17.2. The molecule has 142 valence electrons. The van der Waals surface area contributed by atoms with Crippen molar-refractivity contribution in [1.29, 1.82) is 0 Å². The van der Waals surface area contributed by atoms with E-state index in [9.17, 15) is 4.79 Å². The molecule has 1 fully saturated rings. The van der Waals surface area contributed by atoms with Gasteiger partial charge in [-0.3, -0.25) is 0 Å². The normalized spacial score (nSPS) is 15.4. The molecule has 1 N–H and O–H groups in total. The van der Waals surface area contributed by atoms with Crippen molar-refractivity contribution in [2.75, 3.05) is 20.1 Å². The monoisotopic (exact) mass is 401 g/mol. The molecule has 0 aliphatic carbocycles. The van der Waals surface area contributed by atoms with Crippen LogP contribution in [0.15, 0.2) is 48.5 Å². The summed E-state index contributed by atoms with van der Waals surface area (Å²) in [7, 11) is 2.21. The highest BCUT2D eigenvalue weighted by molar-refractivity contribution is 7.19. The van der Waals surface area contributed by atoms with E-state index in [0.717, 1.165) is 10.9 Å². The summed E-state index contributed by atoms with van der Waals surface area (Å²) >= 11 is 8.23. The maximum atomic E-state index is 10.2. The minimum absolute atomic E-state index is 0.331. The first-order valence-electron chi connectivity index (χ1n) is 9.10. The number of fused-ring (bicyclic) bond motifs is 1. The summed E-state index contributed by atoms with van der Waals surface area (Å²) in [4.78, 5) is 14.1. The van der Waals surface area contributed by atoms with Crippen LogP contribution in [0, 0.1) is 6.92 Å². The number of piperidine rings is 1. The van der Waals surface area contributed by atoms with Gasteiger partial charge in [-0.2, -0.15) is 0 Å². The average molecular weight is 402 g/mol. The maximum Gasteiger partial charge on any atom is 0.335 e. The Balaban J connectivity index is 0.000000197. The highest BCUT2D eigenvalue weighted by Gasteiger charge is 2.20. The number of hydrogen-bond acceptors (Lipinski definition) is 3. The Labute approximate surface area is 169 Å². The van der Waals surface area contributed by atoms with Crippen LogP contribution in [0.5, 0.6) is 0 Å². The number of halogens is 1. The Bertz CT molecular complexity index is 915. The van der Waals surface area contributed by atoms with Crippen molar-refractivity contribution in [3.63, 3.8) is 0 Å². The van der Waals surface area contributed by atoms with Gasteiger partial charge in [0.15, 0.2) is 0 Å². The maximum absolute atomic E-state index is 10.2. The highest BCUT2D eigenvalue weighted by Crippen LogP contribution is 2.39. The van der Waals surface area contributed by atoms with E-state index in [0.29, 0.717) is 5.56 Å². The van der Waals surface area contributed by atoms with Crippen LogP contribution in [0.25, 0.3) is 10.1 Å². The molecule has 0 amide bonds. The molecule has 1 aliphatic rings. The Morgan fingerprint density at radius 3 is 2.41 bits per heavy atom. The van der Waals surface area contributed by atoms with Crippen LogP contribution in [0.3, 0.4) is 0 Å². The summed E-state index contributed by atoms with van der Waals surface area (Å²) in [6, 6.07) is 15.0. The summed E-state index contributed by atoms with van der Waals surface area (Å²) in [5, 5.41) is 10.6. The van der Waals surface area contributed by atoms with E-state index in [2.05, 4.69) is 37.1 Å². The minimum Gasteiger partial charge on any atom is -0.478 e. The van der Waals surface area contributed by atoms with Crippen LogP contribution in [0.2, 0.25) is 5.02 Å². The fourth-order valence-electron chi connectivity index (χ4n) is 3.35. The van der Waals surface area contributed by atoms with Gasteiger partial charge in [0, 0.05) is 4.88 Å². The third-order valence-electron chi connectivity index (χ3n) is 4.88. The van der Waals surface area contributed by atoms with Crippen molar-refractivity contribution >= 4 is 39.0 Å². The van der Waals surface area contributed by atoms with E-state index in [4.69, 9.17) is 16.7 Å². The highest BCUT2D eigenvalue weighted by atomic mass is 35.5. The molecule has 0 atom stereocenters. The van der Waals surface area contributed by atoms with Crippen molar-refractivity contribution < 1.29 is 9.90 Å². The standard InChI is InChI=1S/C15H18ClNS.C7H6O2/c1-10-7-12-9-14(18-15(12)13(16)8-10)11-3-5-17(2)6-4-11;8-7(9)6-4-2-1-3-5-6/h7-9,11H,3-6H2,1-2H3;1-5H,(H,8,9). The molecule has 1 saturated heterocycles. The van der Waals surface area contributed by atoms with Gasteiger partial charge >= 0.3 is 5.97 Å². The number of rotatable bonds is 2. The molecule has 3 aromatic rings. The summed E-state index contributed by atoms with van der Waals surface area (Å²) in [6.07, 6.45) is 2.56. The molecule has 0 bridgehead atoms. The van der Waals surface area contributed by atoms with Crippen LogP contribution >= 0.6 is 22.9 Å². The van der Waals surface area contributed by atoms with E-state index >= 15 is 0 Å². The lowest BCUT2D eigenvalue weighted by Gasteiger charge is -2.28. The lowest BCUT2D eigenvalue weighted by Crippen LogP contribution is -2.28. The summed E-state index contributed by atoms with van der Waals surface area (Å²) in [5.41, 5.74) is 1.58. The smallest absolute Gasteiger partial charge is 0.335 e. The number of carboxylic acid groups (broad SMARTS) is 1. The topological polar surface area (TPSA) is 40.5 Å². The third-order valence-corrected chi connectivity index (χ3v) is 6.63. The minimum atomic E-state index is -0.879. The second kappa shape index (κ2) is 8.87. The number of aromatic carboxylic acids is 1. The van der Waals surface area contributed by atoms with E-state index in [-0.39, 0.29) is 0 Å². The Morgan fingerprint density at radius 1 is 1.15 bits per heavy atom. The summed E-state index contributed by atoms with van der Waals surface area (Å²) < 4.78 is 1.26. The van der Waals surface area contributed by atoms with Crippen LogP contribution in [-0.4, -0.2) is 36.1 Å². The number of thiophene rings is 1. The van der Waals surface area contributed by atoms with Crippen LogP contribution in [-0.2, 0) is 0 Å². The molecular formula is C22H24ClNO2S. The van der Waals surface area contributed by atoms with E-state index in [1.165, 1.54) is 46.5 Å². The molecule has 2 aromatic carbocycles. The second-order valence-corrected chi connectivity index (χ2v) is 8.55. The molecule has 3 nitrogen and oxygen atoms in total. The quantitative estimate of drug-likeness (QED) is 0.567. The molecule has 5 heteroatoms. The average Bonchev–Trinajstić information content (AvgIpc) is 3.08. The van der Waals surface area contributed by atoms with Crippen molar-refractivity contribution in [2.45, 2.75) is 25.7 Å². The van der Waals surface area contributed by atoms with Crippen molar-refractivity contribution in [2.24, 2.45) is 0 Å². The molecule has 1 aromatic heterocycles. The van der Waals surface area contributed by atoms with Gasteiger partial charge in [-0.1, -0.05) is 35.9 Å². The number of carbonyl (C=O) groups is 1. The van der Waals surface area contributed by atoms with Gasteiger partial charge in [0.25, 0.3) is 0 Å². The Hall–Kier alpha value is -1.88. The van der Waals surface area contributed by atoms with Gasteiger partial charge in [-0.25, -0.2) is 4.79 Å². The fraction of sp³-hybridized carbons (Fsp3) is 0.318. The van der Waals surface area contributed by atoms with E-state index in [1.54, 1.807) is 30.3 Å². The predicted octanol–water partition coefficient (Wildman–Crippen LogP) is 6.06. The zero-order chi connectivity index (χ0) is 19.4. The molecule has 0 spiro atoms. The number of benzene rings is 2. The lowest BCUT2D eigenvalue weighted by atomic mass is 9.95. The number of carboxylic acids is 1.